The summed E-state index contributed by atoms with van der Waals surface area (Å²) in [4.78, 5) is 4.35. The summed E-state index contributed by atoms with van der Waals surface area (Å²) in [5, 5.41) is 4.15. The lowest BCUT2D eigenvalue weighted by molar-refractivity contribution is 0.907. The fourth-order valence-corrected chi connectivity index (χ4v) is 1.87. The highest BCUT2D eigenvalue weighted by Gasteiger charge is 2.04. The van der Waals surface area contributed by atoms with Crippen molar-refractivity contribution in [3.63, 3.8) is 0 Å². The van der Waals surface area contributed by atoms with E-state index in [0.29, 0.717) is 0 Å². The van der Waals surface area contributed by atoms with Gasteiger partial charge in [-0.25, -0.2) is 5.84 Å². The number of hydrazine groups is 1. The Morgan fingerprint density at radius 1 is 1.62 bits per heavy atom. The van der Waals surface area contributed by atoms with E-state index in [-0.39, 0.29) is 0 Å². The molecular weight excluding hydrogens is 182 g/mol. The highest BCUT2D eigenvalue weighted by Crippen LogP contribution is 2.13. The number of hydrogen-bond donors (Lipinski definition) is 2. The number of nitrogens with two attached hydrogens (primary N) is 1. The average Bonchev–Trinajstić information content (AvgIpc) is 2.54. The second-order valence-electron chi connectivity index (χ2n) is 2.84. The van der Waals surface area contributed by atoms with Gasteiger partial charge in [0.05, 0.1) is 0 Å². The van der Waals surface area contributed by atoms with Gasteiger partial charge in [-0.15, -0.1) is 0 Å². The molecule has 0 bridgehead atoms. The van der Waals surface area contributed by atoms with Crippen LogP contribution in [0.5, 0.6) is 0 Å². The van der Waals surface area contributed by atoms with Gasteiger partial charge in [-0.1, -0.05) is 6.92 Å². The van der Waals surface area contributed by atoms with Gasteiger partial charge >= 0.3 is 0 Å². The number of hydrogen-bond acceptors (Lipinski definition) is 3. The van der Waals surface area contributed by atoms with E-state index in [9.17, 15) is 0 Å². The molecule has 3 nitrogen and oxygen atoms in total. The number of nitrogens with one attached hydrogen (secondary N) is 1. The minimum Gasteiger partial charge on any atom is -0.308 e. The van der Waals surface area contributed by atoms with Crippen molar-refractivity contribution in [1.29, 1.82) is 0 Å². The molecule has 4 heteroatoms. The largest absolute Gasteiger partial charge is 0.308 e. The fraction of sp³-hybridized carbons (Fsp3) is 0.444. The molecule has 1 rings (SSSR count). The molecule has 72 valence electrons. The van der Waals surface area contributed by atoms with E-state index in [1.54, 1.807) is 11.3 Å². The molecule has 0 unspecified atom stereocenters. The van der Waals surface area contributed by atoms with Crippen molar-refractivity contribution in [1.82, 2.24) is 5.43 Å². The Labute approximate surface area is 82.7 Å². The van der Waals surface area contributed by atoms with Gasteiger partial charge in [0, 0.05) is 17.5 Å². The third-order valence-electron chi connectivity index (χ3n) is 1.74. The molecule has 0 saturated heterocycles. The summed E-state index contributed by atoms with van der Waals surface area (Å²) < 4.78 is 0. The van der Waals surface area contributed by atoms with E-state index in [2.05, 4.69) is 35.0 Å². The maximum absolute atomic E-state index is 5.40. The minimum atomic E-state index is 0.792. The van der Waals surface area contributed by atoms with Crippen molar-refractivity contribution in [2.75, 3.05) is 6.54 Å². The maximum Gasteiger partial charge on any atom is 0.143 e. The van der Waals surface area contributed by atoms with Gasteiger partial charge in [0.2, 0.25) is 0 Å². The molecule has 0 radical (unpaired) electrons. The highest BCUT2D eigenvalue weighted by atomic mass is 32.1. The molecule has 0 aromatic carbocycles. The SMILES string of the molecule is CCCN=C(NN)c1cscc1C. The highest BCUT2D eigenvalue weighted by molar-refractivity contribution is 7.08. The number of rotatable bonds is 3. The Hall–Kier alpha value is -0.870. The molecular formula is C9H15N3S. The molecule has 0 spiro atoms. The van der Waals surface area contributed by atoms with Gasteiger partial charge in [-0.2, -0.15) is 11.3 Å². The van der Waals surface area contributed by atoms with Gasteiger partial charge in [0.15, 0.2) is 0 Å². The first-order valence-corrected chi connectivity index (χ1v) is 5.28. The predicted molar refractivity (Wildman–Crippen MR) is 58.1 cm³/mol. The summed E-state index contributed by atoms with van der Waals surface area (Å²) in [6.07, 6.45) is 1.04. The standard InChI is InChI=1S/C9H15N3S/c1-3-4-11-9(12-10)8-6-13-5-7(8)2/h5-6H,3-4,10H2,1-2H3,(H,11,12). The van der Waals surface area contributed by atoms with Crippen LogP contribution in [0.1, 0.15) is 24.5 Å². The van der Waals surface area contributed by atoms with E-state index in [1.165, 1.54) is 5.56 Å². The van der Waals surface area contributed by atoms with Gasteiger partial charge in [0.1, 0.15) is 5.84 Å². The van der Waals surface area contributed by atoms with Crippen LogP contribution in [0, 0.1) is 6.92 Å². The van der Waals surface area contributed by atoms with Gasteiger partial charge in [-0.05, 0) is 24.3 Å². The van der Waals surface area contributed by atoms with Gasteiger partial charge < -0.3 is 5.43 Å². The summed E-state index contributed by atoms with van der Waals surface area (Å²) in [5.74, 6) is 6.19. The van der Waals surface area contributed by atoms with Crippen LogP contribution in [0.25, 0.3) is 0 Å². The zero-order valence-corrected chi connectivity index (χ0v) is 8.82. The zero-order chi connectivity index (χ0) is 9.68. The molecule has 0 aliphatic heterocycles. The van der Waals surface area contributed by atoms with Crippen molar-refractivity contribution >= 4 is 17.2 Å². The Morgan fingerprint density at radius 2 is 2.38 bits per heavy atom. The van der Waals surface area contributed by atoms with Crippen LogP contribution >= 0.6 is 11.3 Å². The monoisotopic (exact) mass is 197 g/mol. The molecule has 1 heterocycles. The first-order valence-electron chi connectivity index (χ1n) is 4.33. The second kappa shape index (κ2) is 4.99. The van der Waals surface area contributed by atoms with Gasteiger partial charge in [-0.3, -0.25) is 4.99 Å². The Morgan fingerprint density at radius 3 is 2.85 bits per heavy atom. The number of amidine groups is 1. The van der Waals surface area contributed by atoms with E-state index in [4.69, 9.17) is 5.84 Å². The van der Waals surface area contributed by atoms with Crippen LogP contribution in [-0.4, -0.2) is 12.4 Å². The minimum absolute atomic E-state index is 0.792. The zero-order valence-electron chi connectivity index (χ0n) is 8.00. The molecule has 3 N–H and O–H groups in total. The van der Waals surface area contributed by atoms with Crippen LogP contribution < -0.4 is 11.3 Å². The molecule has 0 amide bonds. The summed E-state index contributed by atoms with van der Waals surface area (Å²) >= 11 is 1.67. The molecule has 1 aromatic rings. The molecule has 0 saturated carbocycles. The van der Waals surface area contributed by atoms with Crippen molar-refractivity contribution in [3.05, 3.63) is 21.9 Å². The first-order chi connectivity index (χ1) is 6.29. The van der Waals surface area contributed by atoms with Crippen LogP contribution in [-0.2, 0) is 0 Å². The Balaban J connectivity index is 2.84. The van der Waals surface area contributed by atoms with Crippen LogP contribution in [0.2, 0.25) is 0 Å². The molecule has 0 atom stereocenters. The Kier molecular flexibility index (Phi) is 3.92. The lowest BCUT2D eigenvalue weighted by atomic mass is 10.2. The van der Waals surface area contributed by atoms with E-state index in [0.717, 1.165) is 24.4 Å². The summed E-state index contributed by atoms with van der Waals surface area (Å²) in [6, 6.07) is 0. The molecule has 1 aromatic heterocycles. The molecule has 0 aliphatic rings. The average molecular weight is 197 g/mol. The van der Waals surface area contributed by atoms with Crippen molar-refractivity contribution in [3.8, 4) is 0 Å². The maximum atomic E-state index is 5.40. The van der Waals surface area contributed by atoms with E-state index in [1.807, 2.05) is 0 Å². The fourth-order valence-electron chi connectivity index (χ4n) is 1.04. The molecule has 13 heavy (non-hydrogen) atoms. The molecule has 0 fully saturated rings. The number of aryl methyl sites for hydroxylation is 1. The second-order valence-corrected chi connectivity index (χ2v) is 3.59. The van der Waals surface area contributed by atoms with Crippen molar-refractivity contribution < 1.29 is 0 Å². The number of aliphatic imine (C=N–C) groups is 1. The van der Waals surface area contributed by atoms with Crippen LogP contribution in [0.4, 0.5) is 0 Å². The third-order valence-corrected chi connectivity index (χ3v) is 2.60. The molecule has 0 aliphatic carbocycles. The van der Waals surface area contributed by atoms with Crippen LogP contribution in [0.3, 0.4) is 0 Å². The quantitative estimate of drug-likeness (QED) is 0.335. The summed E-state index contributed by atoms with van der Waals surface area (Å²) in [6.45, 7) is 4.97. The lowest BCUT2D eigenvalue weighted by Gasteiger charge is -2.04. The van der Waals surface area contributed by atoms with Crippen LogP contribution in [0.15, 0.2) is 15.8 Å². The first kappa shape index (κ1) is 10.2. The van der Waals surface area contributed by atoms with E-state index < -0.39 is 0 Å². The number of nitrogens with zero attached hydrogens (tertiary/aromatic N) is 1. The lowest BCUT2D eigenvalue weighted by Crippen LogP contribution is -2.31. The summed E-state index contributed by atoms with van der Waals surface area (Å²) in [7, 11) is 0. The summed E-state index contributed by atoms with van der Waals surface area (Å²) in [5.41, 5.74) is 4.97. The number of thiophene rings is 1. The van der Waals surface area contributed by atoms with Crippen molar-refractivity contribution in [2.45, 2.75) is 20.3 Å². The van der Waals surface area contributed by atoms with Gasteiger partial charge in [0.25, 0.3) is 0 Å². The van der Waals surface area contributed by atoms with E-state index >= 15 is 0 Å². The third kappa shape index (κ3) is 2.54. The Bertz CT molecular complexity index is 291. The normalized spacial score (nSPS) is 11.8. The smallest absolute Gasteiger partial charge is 0.143 e. The topological polar surface area (TPSA) is 50.4 Å². The van der Waals surface area contributed by atoms with Crippen molar-refractivity contribution in [2.24, 2.45) is 10.8 Å². The predicted octanol–water partition coefficient (Wildman–Crippen LogP) is 1.68.